The summed E-state index contributed by atoms with van der Waals surface area (Å²) in [6.07, 6.45) is 0. The first-order valence-electron chi connectivity index (χ1n) is 7.46. The first-order chi connectivity index (χ1) is 10.7. The van der Waals surface area contributed by atoms with Crippen molar-refractivity contribution >= 4 is 12.2 Å². The summed E-state index contributed by atoms with van der Waals surface area (Å²) in [5, 5.41) is 17.0. The fourth-order valence-electron chi connectivity index (χ4n) is 2.53. The Kier molecular flexibility index (Phi) is 5.33. The van der Waals surface area contributed by atoms with Crippen LogP contribution < -0.4 is 5.32 Å². The maximum absolute atomic E-state index is 13.2. The predicted molar refractivity (Wildman–Crippen MR) is 89.7 cm³/mol. The van der Waals surface area contributed by atoms with E-state index in [1.165, 1.54) is 12.1 Å². The van der Waals surface area contributed by atoms with Gasteiger partial charge in [0.05, 0.1) is 6.67 Å². The fraction of sp³-hybridized carbons (Fsp3) is 0.500. The third-order valence-electron chi connectivity index (χ3n) is 3.79. The van der Waals surface area contributed by atoms with E-state index in [-0.39, 0.29) is 23.9 Å². The smallest absolute Gasteiger partial charge is 0.198 e. The summed E-state index contributed by atoms with van der Waals surface area (Å²) in [5.41, 5.74) is 0.929. The van der Waals surface area contributed by atoms with Crippen LogP contribution in [-0.4, -0.2) is 19.5 Å². The van der Waals surface area contributed by atoms with Gasteiger partial charge in [-0.1, -0.05) is 32.9 Å². The molecule has 2 aromatic rings. The number of rotatable bonds is 5. The van der Waals surface area contributed by atoms with E-state index in [1.54, 1.807) is 28.4 Å². The third-order valence-corrected chi connectivity index (χ3v) is 4.27. The molecule has 0 amide bonds. The van der Waals surface area contributed by atoms with Crippen LogP contribution in [0, 0.1) is 16.0 Å². The highest BCUT2D eigenvalue weighted by molar-refractivity contribution is 7.71. The SMILES string of the molecule is Cn1c(CO)nn(CNC(c2ccc(F)cc2)C(C)(C)C)c1=S. The Morgan fingerprint density at radius 1 is 1.30 bits per heavy atom. The van der Waals surface area contributed by atoms with E-state index in [1.807, 2.05) is 0 Å². The Bertz CT molecular complexity index is 715. The van der Waals surface area contributed by atoms with E-state index < -0.39 is 0 Å². The van der Waals surface area contributed by atoms with E-state index in [0.717, 1.165) is 5.56 Å². The highest BCUT2D eigenvalue weighted by Crippen LogP contribution is 2.32. The molecule has 1 unspecified atom stereocenters. The van der Waals surface area contributed by atoms with Gasteiger partial charge in [-0.3, -0.25) is 5.32 Å². The summed E-state index contributed by atoms with van der Waals surface area (Å²) in [5.74, 6) is 0.270. The van der Waals surface area contributed by atoms with Gasteiger partial charge in [-0.25, -0.2) is 9.07 Å². The zero-order valence-electron chi connectivity index (χ0n) is 13.9. The molecule has 1 heterocycles. The number of aliphatic hydroxyl groups is 1. The van der Waals surface area contributed by atoms with Gasteiger partial charge >= 0.3 is 0 Å². The minimum Gasteiger partial charge on any atom is -0.388 e. The van der Waals surface area contributed by atoms with Crippen LogP contribution in [-0.2, 0) is 20.3 Å². The Labute approximate surface area is 140 Å². The van der Waals surface area contributed by atoms with E-state index in [9.17, 15) is 9.50 Å². The third kappa shape index (κ3) is 4.04. The number of halogens is 1. The van der Waals surface area contributed by atoms with Gasteiger partial charge in [-0.2, -0.15) is 5.10 Å². The van der Waals surface area contributed by atoms with Gasteiger partial charge in [0.25, 0.3) is 0 Å². The van der Waals surface area contributed by atoms with Crippen molar-refractivity contribution < 1.29 is 9.50 Å². The van der Waals surface area contributed by atoms with Crippen LogP contribution in [0.15, 0.2) is 24.3 Å². The number of hydrogen-bond acceptors (Lipinski definition) is 4. The number of aliphatic hydroxyl groups excluding tert-OH is 1. The summed E-state index contributed by atoms with van der Waals surface area (Å²) in [7, 11) is 1.78. The average molecular weight is 338 g/mol. The van der Waals surface area contributed by atoms with Gasteiger partial charge in [0.2, 0.25) is 0 Å². The minimum absolute atomic E-state index is 0.00424. The molecule has 1 aromatic heterocycles. The van der Waals surface area contributed by atoms with Crippen LogP contribution in [0.3, 0.4) is 0 Å². The van der Waals surface area contributed by atoms with Gasteiger partial charge in [0, 0.05) is 13.1 Å². The zero-order valence-corrected chi connectivity index (χ0v) is 14.7. The minimum atomic E-state index is -0.249. The molecule has 0 radical (unpaired) electrons. The first kappa shape index (κ1) is 17.8. The molecule has 0 bridgehead atoms. The molecule has 23 heavy (non-hydrogen) atoms. The number of nitrogens with zero attached hydrogens (tertiary/aromatic N) is 3. The summed E-state index contributed by atoms with van der Waals surface area (Å²) in [4.78, 5) is 0. The lowest BCUT2D eigenvalue weighted by molar-refractivity contribution is 0.248. The normalized spacial score (nSPS) is 13.3. The van der Waals surface area contributed by atoms with E-state index in [4.69, 9.17) is 12.2 Å². The molecular weight excluding hydrogens is 315 g/mol. The molecule has 0 aliphatic heterocycles. The molecular formula is C16H23FN4OS. The molecule has 5 nitrogen and oxygen atoms in total. The molecule has 2 rings (SSSR count). The van der Waals surface area contributed by atoms with Crippen molar-refractivity contribution in [2.75, 3.05) is 0 Å². The number of hydrogen-bond donors (Lipinski definition) is 2. The van der Waals surface area contributed by atoms with Crippen molar-refractivity contribution in [3.05, 3.63) is 46.2 Å². The fourth-order valence-corrected chi connectivity index (χ4v) is 2.74. The molecule has 1 aromatic carbocycles. The monoisotopic (exact) mass is 338 g/mol. The second-order valence-electron chi connectivity index (χ2n) is 6.63. The molecule has 0 aliphatic carbocycles. The van der Waals surface area contributed by atoms with Crippen molar-refractivity contribution in [1.29, 1.82) is 0 Å². The molecule has 1 atom stereocenters. The first-order valence-corrected chi connectivity index (χ1v) is 7.87. The van der Waals surface area contributed by atoms with Crippen molar-refractivity contribution in [2.24, 2.45) is 12.5 Å². The zero-order chi connectivity index (χ0) is 17.2. The average Bonchev–Trinajstić information content (AvgIpc) is 2.76. The number of nitrogens with one attached hydrogen (secondary N) is 1. The highest BCUT2D eigenvalue weighted by atomic mass is 32.1. The molecule has 2 N–H and O–H groups in total. The maximum atomic E-state index is 13.2. The maximum Gasteiger partial charge on any atom is 0.198 e. The van der Waals surface area contributed by atoms with Gasteiger partial charge in [-0.15, -0.1) is 0 Å². The second kappa shape index (κ2) is 6.90. The Balaban J connectivity index is 2.23. The predicted octanol–water partition coefficient (Wildman–Crippen LogP) is 2.92. The largest absolute Gasteiger partial charge is 0.388 e. The number of aromatic nitrogens is 3. The van der Waals surface area contributed by atoms with E-state index in [2.05, 4.69) is 31.2 Å². The summed E-state index contributed by atoms with van der Waals surface area (Å²) < 4.78 is 17.0. The Morgan fingerprint density at radius 3 is 2.39 bits per heavy atom. The molecule has 126 valence electrons. The topological polar surface area (TPSA) is 55.0 Å². The Hall–Kier alpha value is -1.57. The van der Waals surface area contributed by atoms with E-state index >= 15 is 0 Å². The quantitative estimate of drug-likeness (QED) is 0.823. The lowest BCUT2D eigenvalue weighted by Crippen LogP contribution is -2.34. The summed E-state index contributed by atoms with van der Waals surface area (Å²) in [6, 6.07) is 6.51. The van der Waals surface area contributed by atoms with Crippen LogP contribution >= 0.6 is 12.2 Å². The van der Waals surface area contributed by atoms with Gasteiger partial charge in [-0.05, 0) is 35.3 Å². The van der Waals surface area contributed by atoms with Gasteiger partial charge < -0.3 is 9.67 Å². The van der Waals surface area contributed by atoms with Crippen LogP contribution in [0.1, 0.15) is 38.2 Å². The van der Waals surface area contributed by atoms with Gasteiger partial charge in [0.15, 0.2) is 10.6 Å². The van der Waals surface area contributed by atoms with Crippen molar-refractivity contribution in [1.82, 2.24) is 19.7 Å². The van der Waals surface area contributed by atoms with Crippen LogP contribution in [0.5, 0.6) is 0 Å². The van der Waals surface area contributed by atoms with Crippen LogP contribution in [0.25, 0.3) is 0 Å². The lowest BCUT2D eigenvalue weighted by Gasteiger charge is -2.32. The van der Waals surface area contributed by atoms with Crippen LogP contribution in [0.4, 0.5) is 4.39 Å². The van der Waals surface area contributed by atoms with E-state index in [0.29, 0.717) is 17.3 Å². The Morgan fingerprint density at radius 2 is 1.91 bits per heavy atom. The second-order valence-corrected chi connectivity index (χ2v) is 6.99. The molecule has 0 saturated heterocycles. The van der Waals surface area contributed by atoms with Gasteiger partial charge in [0.1, 0.15) is 12.4 Å². The van der Waals surface area contributed by atoms with Crippen molar-refractivity contribution in [2.45, 2.75) is 40.1 Å². The molecule has 0 saturated carbocycles. The van der Waals surface area contributed by atoms with Crippen molar-refractivity contribution in [3.8, 4) is 0 Å². The number of benzene rings is 1. The summed E-state index contributed by atoms with van der Waals surface area (Å²) >= 11 is 5.32. The standard InChI is InChI=1S/C16H23FN4OS/c1-16(2,3)14(11-5-7-12(17)8-6-11)18-10-21-15(23)20(4)13(9-22)19-21/h5-8,14,18,22H,9-10H2,1-4H3. The summed E-state index contributed by atoms with van der Waals surface area (Å²) in [6.45, 7) is 6.60. The van der Waals surface area contributed by atoms with Crippen LogP contribution in [0.2, 0.25) is 0 Å². The molecule has 0 aliphatic rings. The highest BCUT2D eigenvalue weighted by Gasteiger charge is 2.26. The molecule has 0 fully saturated rings. The molecule has 7 heteroatoms. The lowest BCUT2D eigenvalue weighted by atomic mass is 9.82. The van der Waals surface area contributed by atoms with Crippen molar-refractivity contribution in [3.63, 3.8) is 0 Å². The molecule has 0 spiro atoms.